The summed E-state index contributed by atoms with van der Waals surface area (Å²) in [6.07, 6.45) is 2.95. The quantitative estimate of drug-likeness (QED) is 0.676. The van der Waals surface area contributed by atoms with Crippen molar-refractivity contribution in [3.63, 3.8) is 0 Å². The first-order valence-corrected chi connectivity index (χ1v) is 7.87. The Morgan fingerprint density at radius 1 is 1.36 bits per heavy atom. The lowest BCUT2D eigenvalue weighted by Crippen LogP contribution is -2.11. The number of fused-ring (bicyclic) bond motifs is 2. The van der Waals surface area contributed by atoms with E-state index in [1.165, 1.54) is 24.5 Å². The number of carboxylic acids is 1. The van der Waals surface area contributed by atoms with Gasteiger partial charge in [-0.05, 0) is 25.0 Å². The van der Waals surface area contributed by atoms with Gasteiger partial charge in [0.1, 0.15) is 35.1 Å². The fourth-order valence-electron chi connectivity index (χ4n) is 3.03. The molecule has 3 aromatic rings. The number of aromatic nitrogens is 3. The highest BCUT2D eigenvalue weighted by molar-refractivity contribution is 5.96. The maximum Gasteiger partial charge on any atom is 0.352 e. The molecule has 0 aliphatic carbocycles. The SMILES string of the molecule is O=C(O)c1cc2c(NC3CCCOc4cc(F)ccc43)ncnc2[nH]1. The number of ether oxygens (including phenoxy) is 1. The molecule has 0 spiro atoms. The lowest BCUT2D eigenvalue weighted by Gasteiger charge is -2.19. The van der Waals surface area contributed by atoms with Crippen LogP contribution in [0.2, 0.25) is 0 Å². The van der Waals surface area contributed by atoms with Gasteiger partial charge in [-0.2, -0.15) is 0 Å². The van der Waals surface area contributed by atoms with Crippen LogP contribution < -0.4 is 10.1 Å². The summed E-state index contributed by atoms with van der Waals surface area (Å²) in [7, 11) is 0. The third-order valence-electron chi connectivity index (χ3n) is 4.21. The van der Waals surface area contributed by atoms with Gasteiger partial charge in [-0.25, -0.2) is 19.2 Å². The Kier molecular flexibility index (Phi) is 3.72. The second-order valence-corrected chi connectivity index (χ2v) is 5.84. The molecule has 1 atom stereocenters. The first-order valence-electron chi connectivity index (χ1n) is 7.87. The molecule has 0 radical (unpaired) electrons. The minimum absolute atomic E-state index is 0.0465. The highest BCUT2D eigenvalue weighted by Crippen LogP contribution is 2.35. The Balaban J connectivity index is 1.73. The van der Waals surface area contributed by atoms with E-state index in [1.54, 1.807) is 6.07 Å². The minimum Gasteiger partial charge on any atom is -0.493 e. The van der Waals surface area contributed by atoms with Crippen LogP contribution in [0.5, 0.6) is 5.75 Å². The van der Waals surface area contributed by atoms with Crippen LogP contribution in [0.25, 0.3) is 11.0 Å². The van der Waals surface area contributed by atoms with Crippen LogP contribution >= 0.6 is 0 Å². The van der Waals surface area contributed by atoms with Crippen molar-refractivity contribution in [1.82, 2.24) is 15.0 Å². The van der Waals surface area contributed by atoms with Crippen molar-refractivity contribution in [3.8, 4) is 5.75 Å². The molecule has 4 rings (SSSR count). The third kappa shape index (κ3) is 2.86. The van der Waals surface area contributed by atoms with Crippen molar-refractivity contribution in [2.24, 2.45) is 0 Å². The van der Waals surface area contributed by atoms with Gasteiger partial charge >= 0.3 is 5.97 Å². The Morgan fingerprint density at radius 2 is 2.24 bits per heavy atom. The van der Waals surface area contributed by atoms with Crippen molar-refractivity contribution in [2.75, 3.05) is 11.9 Å². The van der Waals surface area contributed by atoms with Gasteiger partial charge in [0.15, 0.2) is 0 Å². The maximum absolute atomic E-state index is 13.5. The molecular formula is C17H15FN4O3. The van der Waals surface area contributed by atoms with E-state index < -0.39 is 5.97 Å². The van der Waals surface area contributed by atoms with E-state index in [9.17, 15) is 9.18 Å². The standard InChI is InChI=1S/C17H15FN4O3/c18-9-3-4-10-12(2-1-5-25-14(10)6-9)21-15-11-7-13(17(23)24)22-16(11)20-8-19-15/h3-4,6-8,12H,1-2,5H2,(H,23,24)(H2,19,20,21,22). The summed E-state index contributed by atoms with van der Waals surface area (Å²) in [4.78, 5) is 22.2. The van der Waals surface area contributed by atoms with Gasteiger partial charge in [-0.1, -0.05) is 6.07 Å². The number of H-pyrrole nitrogens is 1. The first kappa shape index (κ1) is 15.4. The third-order valence-corrected chi connectivity index (χ3v) is 4.21. The van der Waals surface area contributed by atoms with E-state index in [4.69, 9.17) is 9.84 Å². The van der Waals surface area contributed by atoms with E-state index in [-0.39, 0.29) is 17.6 Å². The second-order valence-electron chi connectivity index (χ2n) is 5.84. The molecule has 3 N–H and O–H groups in total. The molecule has 8 heteroatoms. The van der Waals surface area contributed by atoms with Crippen molar-refractivity contribution in [3.05, 3.63) is 47.7 Å². The predicted octanol–water partition coefficient (Wildman–Crippen LogP) is 3.12. The number of anilines is 1. The fraction of sp³-hybridized carbons (Fsp3) is 0.235. The van der Waals surface area contributed by atoms with Gasteiger partial charge in [0, 0.05) is 11.6 Å². The van der Waals surface area contributed by atoms with Gasteiger partial charge in [0.25, 0.3) is 0 Å². The number of carbonyl (C=O) groups is 1. The zero-order valence-electron chi connectivity index (χ0n) is 13.1. The number of aromatic carboxylic acids is 1. The van der Waals surface area contributed by atoms with E-state index in [1.807, 2.05) is 0 Å². The number of hydrogen-bond donors (Lipinski definition) is 3. The molecule has 3 heterocycles. The first-order chi connectivity index (χ1) is 12.1. The fourth-order valence-corrected chi connectivity index (χ4v) is 3.03. The van der Waals surface area contributed by atoms with Crippen molar-refractivity contribution in [2.45, 2.75) is 18.9 Å². The van der Waals surface area contributed by atoms with Crippen LogP contribution in [0.4, 0.5) is 10.2 Å². The highest BCUT2D eigenvalue weighted by atomic mass is 19.1. The maximum atomic E-state index is 13.5. The van der Waals surface area contributed by atoms with E-state index >= 15 is 0 Å². The molecule has 25 heavy (non-hydrogen) atoms. The summed E-state index contributed by atoms with van der Waals surface area (Å²) in [5.41, 5.74) is 1.34. The Bertz CT molecular complexity index is 956. The van der Waals surface area contributed by atoms with Gasteiger partial charge in [-0.3, -0.25) is 0 Å². The number of carboxylic acid groups (broad SMARTS) is 1. The van der Waals surface area contributed by atoms with Crippen LogP contribution in [0.1, 0.15) is 34.9 Å². The largest absolute Gasteiger partial charge is 0.493 e. The molecule has 128 valence electrons. The molecule has 0 fully saturated rings. The summed E-state index contributed by atoms with van der Waals surface area (Å²) in [6.45, 7) is 0.515. The average molecular weight is 342 g/mol. The lowest BCUT2D eigenvalue weighted by molar-refractivity contribution is 0.0691. The number of benzene rings is 1. The van der Waals surface area contributed by atoms with E-state index in [0.717, 1.165) is 18.4 Å². The zero-order valence-corrected chi connectivity index (χ0v) is 13.1. The van der Waals surface area contributed by atoms with Gasteiger partial charge in [-0.15, -0.1) is 0 Å². The molecule has 1 aromatic carbocycles. The smallest absolute Gasteiger partial charge is 0.352 e. The van der Waals surface area contributed by atoms with E-state index in [0.29, 0.717) is 29.2 Å². The molecular weight excluding hydrogens is 327 g/mol. The lowest BCUT2D eigenvalue weighted by atomic mass is 10.0. The number of hydrogen-bond acceptors (Lipinski definition) is 5. The van der Waals surface area contributed by atoms with Gasteiger partial charge in [0.05, 0.1) is 18.0 Å². The number of nitrogens with zero attached hydrogens (tertiary/aromatic N) is 2. The number of rotatable bonds is 3. The zero-order chi connectivity index (χ0) is 17.4. The topological polar surface area (TPSA) is 100 Å². The minimum atomic E-state index is -1.06. The summed E-state index contributed by atoms with van der Waals surface area (Å²) in [5, 5.41) is 13.1. The molecule has 0 bridgehead atoms. The van der Waals surface area contributed by atoms with Crippen molar-refractivity contribution >= 4 is 22.8 Å². The van der Waals surface area contributed by atoms with Gasteiger partial charge in [0.2, 0.25) is 0 Å². The molecule has 7 nitrogen and oxygen atoms in total. The molecule has 0 saturated carbocycles. The highest BCUT2D eigenvalue weighted by Gasteiger charge is 2.22. The molecule has 1 aliphatic heterocycles. The molecule has 0 amide bonds. The van der Waals surface area contributed by atoms with Crippen LogP contribution in [-0.2, 0) is 0 Å². The van der Waals surface area contributed by atoms with Crippen LogP contribution in [0.15, 0.2) is 30.6 Å². The normalized spacial score (nSPS) is 16.8. The van der Waals surface area contributed by atoms with Crippen molar-refractivity contribution in [1.29, 1.82) is 0 Å². The van der Waals surface area contributed by atoms with Crippen LogP contribution in [-0.4, -0.2) is 32.6 Å². The second kappa shape index (κ2) is 6.04. The summed E-state index contributed by atoms with van der Waals surface area (Å²) in [5.74, 6) is -0.371. The number of halogens is 1. The number of nitrogens with one attached hydrogen (secondary N) is 2. The number of aromatic amines is 1. The molecule has 1 aliphatic rings. The molecule has 0 saturated heterocycles. The predicted molar refractivity (Wildman–Crippen MR) is 88.3 cm³/mol. The monoisotopic (exact) mass is 342 g/mol. The van der Waals surface area contributed by atoms with Crippen LogP contribution in [0.3, 0.4) is 0 Å². The Hall–Kier alpha value is -3.16. The Labute approximate surface area is 141 Å². The summed E-state index contributed by atoms with van der Waals surface area (Å²) < 4.78 is 19.1. The summed E-state index contributed by atoms with van der Waals surface area (Å²) >= 11 is 0. The molecule has 2 aromatic heterocycles. The van der Waals surface area contributed by atoms with Crippen LogP contribution in [0, 0.1) is 5.82 Å². The Morgan fingerprint density at radius 3 is 3.08 bits per heavy atom. The average Bonchev–Trinajstić information content (AvgIpc) is 2.94. The van der Waals surface area contributed by atoms with Gasteiger partial charge < -0.3 is 20.1 Å². The van der Waals surface area contributed by atoms with E-state index in [2.05, 4.69) is 20.3 Å². The van der Waals surface area contributed by atoms with Crippen molar-refractivity contribution < 1.29 is 19.0 Å². The molecule has 1 unspecified atom stereocenters. The summed E-state index contributed by atoms with van der Waals surface area (Å²) in [6, 6.07) is 5.85.